The molecule has 2 heterocycles. The molecule has 1 saturated carbocycles. The Morgan fingerprint density at radius 2 is 2.21 bits per heavy atom. The highest BCUT2D eigenvalue weighted by atomic mass is 35.5. The van der Waals surface area contributed by atoms with E-state index in [1.54, 1.807) is 6.07 Å². The van der Waals surface area contributed by atoms with Crippen molar-refractivity contribution in [2.75, 3.05) is 6.54 Å². The zero-order chi connectivity index (χ0) is 13.4. The van der Waals surface area contributed by atoms with Crippen molar-refractivity contribution in [2.45, 2.75) is 38.1 Å². The van der Waals surface area contributed by atoms with Gasteiger partial charge in [0.05, 0.1) is 5.02 Å². The van der Waals surface area contributed by atoms with Crippen LogP contribution in [0, 0.1) is 5.92 Å². The summed E-state index contributed by atoms with van der Waals surface area (Å²) in [5.74, 6) is 0.398. The summed E-state index contributed by atoms with van der Waals surface area (Å²) in [6.45, 7) is 0.751. The van der Waals surface area contributed by atoms with E-state index in [4.69, 9.17) is 11.6 Å². The molecule has 2 aliphatic rings. The highest BCUT2D eigenvalue weighted by Gasteiger charge is 2.40. The number of likely N-dealkylation sites (tertiary alicyclic amines) is 1. The largest absolute Gasteiger partial charge is 0.334 e. The van der Waals surface area contributed by atoms with Crippen molar-refractivity contribution in [2.24, 2.45) is 5.92 Å². The van der Waals surface area contributed by atoms with E-state index in [2.05, 4.69) is 0 Å². The van der Waals surface area contributed by atoms with E-state index < -0.39 is 0 Å². The number of rotatable bonds is 2. The lowest BCUT2D eigenvalue weighted by molar-refractivity contribution is -0.121. The lowest BCUT2D eigenvalue weighted by Gasteiger charge is -2.28. The van der Waals surface area contributed by atoms with Crippen molar-refractivity contribution >= 4 is 34.6 Å². The molecule has 0 N–H and O–H groups in total. The van der Waals surface area contributed by atoms with Crippen LogP contribution in [0.25, 0.3) is 0 Å². The molecule has 1 saturated heterocycles. The zero-order valence-electron chi connectivity index (χ0n) is 10.6. The summed E-state index contributed by atoms with van der Waals surface area (Å²) < 4.78 is 0. The summed E-state index contributed by atoms with van der Waals surface area (Å²) in [6.07, 6.45) is 4.53. The van der Waals surface area contributed by atoms with Gasteiger partial charge in [0.25, 0.3) is 5.91 Å². The molecule has 2 unspecified atom stereocenters. The molecule has 102 valence electrons. The van der Waals surface area contributed by atoms with Crippen LogP contribution in [0.3, 0.4) is 0 Å². The maximum atomic E-state index is 12.5. The van der Waals surface area contributed by atoms with Gasteiger partial charge in [0.15, 0.2) is 0 Å². The Kier molecular flexibility index (Phi) is 3.63. The first-order valence-electron chi connectivity index (χ1n) is 6.75. The molecule has 5 heteroatoms. The minimum absolute atomic E-state index is 0.00204. The molecular weight excluding hydrogens is 282 g/mol. The molecule has 2 fully saturated rings. The Hall–Kier alpha value is -0.870. The normalized spacial score (nSPS) is 27.2. The van der Waals surface area contributed by atoms with Gasteiger partial charge in [-0.2, -0.15) is 0 Å². The first-order chi connectivity index (χ1) is 9.18. The molecule has 0 spiro atoms. The van der Waals surface area contributed by atoms with Crippen LogP contribution in [-0.2, 0) is 4.79 Å². The van der Waals surface area contributed by atoms with Crippen LogP contribution in [0.15, 0.2) is 11.4 Å². The van der Waals surface area contributed by atoms with E-state index in [-0.39, 0.29) is 17.9 Å². The molecule has 3 rings (SSSR count). The van der Waals surface area contributed by atoms with E-state index >= 15 is 0 Å². The third-order valence-electron chi connectivity index (χ3n) is 4.19. The molecule has 1 aliphatic carbocycles. The van der Waals surface area contributed by atoms with Gasteiger partial charge in [-0.1, -0.05) is 11.6 Å². The number of nitrogens with zero attached hydrogens (tertiary/aromatic N) is 1. The predicted molar refractivity (Wildman–Crippen MR) is 75.7 cm³/mol. The van der Waals surface area contributed by atoms with Crippen LogP contribution < -0.4 is 0 Å². The second-order valence-corrected chi connectivity index (χ2v) is 6.59. The zero-order valence-corrected chi connectivity index (χ0v) is 12.2. The first kappa shape index (κ1) is 13.1. The number of Topliss-reactive ketones (excluding diaryl/α,β-unsaturated/α-hetero) is 1. The van der Waals surface area contributed by atoms with E-state index in [1.165, 1.54) is 11.3 Å². The topological polar surface area (TPSA) is 37.4 Å². The van der Waals surface area contributed by atoms with E-state index in [9.17, 15) is 9.59 Å². The summed E-state index contributed by atoms with van der Waals surface area (Å²) in [5, 5.41) is 2.36. The lowest BCUT2D eigenvalue weighted by atomic mass is 9.95. The second kappa shape index (κ2) is 5.25. The molecule has 1 aliphatic heterocycles. The van der Waals surface area contributed by atoms with Gasteiger partial charge in [0, 0.05) is 24.9 Å². The van der Waals surface area contributed by atoms with E-state index in [1.807, 2.05) is 10.3 Å². The Labute approximate surface area is 121 Å². The smallest absolute Gasteiger partial charge is 0.265 e. The standard InChI is InChI=1S/C14H16ClNO2S/c15-10-6-8-19-13(10)14(18)16-7-2-4-11(16)9-3-1-5-12(9)17/h6,8-9,11H,1-5,7H2. The molecule has 1 amide bonds. The average molecular weight is 298 g/mol. The van der Waals surface area contributed by atoms with Crippen molar-refractivity contribution in [3.63, 3.8) is 0 Å². The number of thiophene rings is 1. The average Bonchev–Trinajstić information content (AvgIpc) is 3.07. The quantitative estimate of drug-likeness (QED) is 0.839. The lowest BCUT2D eigenvalue weighted by Crippen LogP contribution is -2.41. The molecule has 1 aromatic heterocycles. The number of ketones is 1. The van der Waals surface area contributed by atoms with Crippen LogP contribution in [-0.4, -0.2) is 29.2 Å². The fourth-order valence-corrected chi connectivity index (χ4v) is 4.38. The maximum Gasteiger partial charge on any atom is 0.265 e. The highest BCUT2D eigenvalue weighted by Crippen LogP contribution is 2.35. The molecule has 1 aromatic rings. The summed E-state index contributed by atoms with van der Waals surface area (Å²) in [6, 6.07) is 1.85. The van der Waals surface area contributed by atoms with Gasteiger partial charge in [-0.3, -0.25) is 9.59 Å². The van der Waals surface area contributed by atoms with Gasteiger partial charge in [-0.15, -0.1) is 11.3 Å². The Bertz CT molecular complexity index is 513. The fourth-order valence-electron chi connectivity index (χ4n) is 3.29. The van der Waals surface area contributed by atoms with Crippen molar-refractivity contribution in [3.8, 4) is 0 Å². The molecule has 2 atom stereocenters. The van der Waals surface area contributed by atoms with Gasteiger partial charge in [0.1, 0.15) is 10.7 Å². The van der Waals surface area contributed by atoms with Crippen molar-refractivity contribution in [1.29, 1.82) is 0 Å². The minimum atomic E-state index is 0.00204. The molecule has 19 heavy (non-hydrogen) atoms. The monoisotopic (exact) mass is 297 g/mol. The third-order valence-corrected chi connectivity index (χ3v) is 5.52. The summed E-state index contributed by atoms with van der Waals surface area (Å²) in [5.41, 5.74) is 0. The van der Waals surface area contributed by atoms with Crippen LogP contribution in [0.2, 0.25) is 5.02 Å². The number of amides is 1. The summed E-state index contributed by atoms with van der Waals surface area (Å²) in [7, 11) is 0. The number of carbonyl (C=O) groups excluding carboxylic acids is 2. The number of hydrogen-bond donors (Lipinski definition) is 0. The molecule has 0 bridgehead atoms. The third kappa shape index (κ3) is 2.32. The van der Waals surface area contributed by atoms with Crippen molar-refractivity contribution in [1.82, 2.24) is 4.90 Å². The maximum absolute atomic E-state index is 12.5. The van der Waals surface area contributed by atoms with Crippen molar-refractivity contribution < 1.29 is 9.59 Å². The van der Waals surface area contributed by atoms with Crippen LogP contribution in [0.4, 0.5) is 0 Å². The van der Waals surface area contributed by atoms with Gasteiger partial charge >= 0.3 is 0 Å². The molecule has 0 aromatic carbocycles. The second-order valence-electron chi connectivity index (χ2n) is 5.27. The van der Waals surface area contributed by atoms with E-state index in [0.29, 0.717) is 22.1 Å². The van der Waals surface area contributed by atoms with Gasteiger partial charge in [-0.05, 0) is 37.1 Å². The molecule has 3 nitrogen and oxygen atoms in total. The number of halogens is 1. The van der Waals surface area contributed by atoms with Gasteiger partial charge in [0.2, 0.25) is 0 Å². The van der Waals surface area contributed by atoms with Crippen LogP contribution >= 0.6 is 22.9 Å². The van der Waals surface area contributed by atoms with Crippen LogP contribution in [0.1, 0.15) is 41.8 Å². The fraction of sp³-hybridized carbons (Fsp3) is 0.571. The predicted octanol–water partition coefficient (Wildman–Crippen LogP) is 3.38. The van der Waals surface area contributed by atoms with Crippen LogP contribution in [0.5, 0.6) is 0 Å². The van der Waals surface area contributed by atoms with E-state index in [0.717, 1.165) is 32.2 Å². The number of hydrogen-bond acceptors (Lipinski definition) is 3. The Balaban J connectivity index is 1.81. The molecular formula is C14H16ClNO2S. The summed E-state index contributed by atoms with van der Waals surface area (Å²) >= 11 is 7.43. The number of carbonyl (C=O) groups is 2. The Morgan fingerprint density at radius 3 is 2.84 bits per heavy atom. The van der Waals surface area contributed by atoms with Crippen molar-refractivity contribution in [3.05, 3.63) is 21.3 Å². The minimum Gasteiger partial charge on any atom is -0.334 e. The highest BCUT2D eigenvalue weighted by molar-refractivity contribution is 7.12. The van der Waals surface area contributed by atoms with Gasteiger partial charge in [-0.25, -0.2) is 0 Å². The first-order valence-corrected chi connectivity index (χ1v) is 8.01. The molecule has 0 radical (unpaired) electrons. The summed E-state index contributed by atoms with van der Waals surface area (Å²) in [4.78, 5) is 27.0. The Morgan fingerprint density at radius 1 is 1.37 bits per heavy atom. The van der Waals surface area contributed by atoms with Gasteiger partial charge < -0.3 is 4.90 Å². The SMILES string of the molecule is O=C1CCCC1C1CCCN1C(=O)c1sccc1Cl.